The van der Waals surface area contributed by atoms with E-state index in [1.165, 1.54) is 0 Å². The second kappa shape index (κ2) is 10.1. The average molecular weight is 412 g/mol. The largest absolute Gasteiger partial charge is 0.321 e. The van der Waals surface area contributed by atoms with Crippen LogP contribution < -0.4 is 0 Å². The Labute approximate surface area is 168 Å². The van der Waals surface area contributed by atoms with Gasteiger partial charge in [0.15, 0.2) is 0 Å². The van der Waals surface area contributed by atoms with Crippen LogP contribution in [-0.2, 0) is 4.18 Å². The van der Waals surface area contributed by atoms with Gasteiger partial charge in [-0.05, 0) is 58.1 Å². The van der Waals surface area contributed by atoms with Crippen molar-refractivity contribution in [1.29, 1.82) is 0 Å². The number of benzene rings is 1. The van der Waals surface area contributed by atoms with Crippen molar-refractivity contribution in [3.63, 3.8) is 0 Å². The van der Waals surface area contributed by atoms with E-state index in [2.05, 4.69) is 23.8 Å². The minimum Gasteiger partial charge on any atom is -0.321 e. The van der Waals surface area contributed by atoms with Crippen LogP contribution >= 0.6 is 22.5 Å². The van der Waals surface area contributed by atoms with Gasteiger partial charge < -0.3 is 4.18 Å². The topological polar surface area (TPSA) is 21.6 Å². The summed E-state index contributed by atoms with van der Waals surface area (Å²) < 4.78 is 34.4. The van der Waals surface area contributed by atoms with Gasteiger partial charge in [0.1, 0.15) is 13.2 Å². The molecule has 1 unspecified atom stereocenters. The highest BCUT2D eigenvalue weighted by molar-refractivity contribution is 8.34. The zero-order chi connectivity index (χ0) is 20.6. The minimum absolute atomic E-state index is 0.452. The van der Waals surface area contributed by atoms with Crippen LogP contribution in [0.15, 0.2) is 76.0 Å². The summed E-state index contributed by atoms with van der Waals surface area (Å²) >= 11 is 4.41. The summed E-state index contributed by atoms with van der Waals surface area (Å²) in [7, 11) is -2.28. The van der Waals surface area contributed by atoms with Crippen LogP contribution in [0.25, 0.3) is 0 Å². The molecule has 27 heavy (non-hydrogen) atoms. The first-order valence-electron chi connectivity index (χ1n) is 8.54. The Bertz CT molecular complexity index is 732. The third kappa shape index (κ3) is 5.94. The molecule has 2 nitrogen and oxygen atoms in total. The molecule has 0 bridgehead atoms. The monoisotopic (exact) mass is 411 g/mol. The minimum atomic E-state index is -3.14. The van der Waals surface area contributed by atoms with Crippen molar-refractivity contribution in [2.24, 2.45) is 4.99 Å². The van der Waals surface area contributed by atoms with Crippen molar-refractivity contribution in [3.05, 3.63) is 66.1 Å². The van der Waals surface area contributed by atoms with Gasteiger partial charge in [-0.25, -0.2) is 13.8 Å². The fraction of sp³-hybridized carbons (Fsp3) is 0.381. The van der Waals surface area contributed by atoms with Crippen molar-refractivity contribution >= 4 is 27.7 Å². The highest BCUT2D eigenvalue weighted by Crippen LogP contribution is 2.71. The molecule has 0 aromatic heterocycles. The number of halogens is 2. The lowest BCUT2D eigenvalue weighted by Crippen LogP contribution is -2.34. The summed E-state index contributed by atoms with van der Waals surface area (Å²) in [6.07, 6.45) is 7.27. The maximum atomic E-state index is 14.3. The summed E-state index contributed by atoms with van der Waals surface area (Å²) in [4.78, 5) is 5.10. The van der Waals surface area contributed by atoms with Crippen LogP contribution in [0.3, 0.4) is 0 Å². The molecule has 0 saturated heterocycles. The molecule has 0 aliphatic carbocycles. The van der Waals surface area contributed by atoms with E-state index in [4.69, 9.17) is 4.18 Å². The number of rotatable bonds is 9. The SMILES string of the molecule is C=C/C=C(\C=C/C)S(OCC(F)(F)CN=C=S)(c1ccccc1)C(C)(C)C. The summed E-state index contributed by atoms with van der Waals surface area (Å²) in [5.41, 5.74) is 0. The second-order valence-electron chi connectivity index (χ2n) is 6.81. The number of allylic oxidation sites excluding steroid dienone is 4. The molecule has 6 heteroatoms. The predicted octanol–water partition coefficient (Wildman–Crippen LogP) is 6.96. The smallest absolute Gasteiger partial charge is 0.292 e. The predicted molar refractivity (Wildman–Crippen MR) is 116 cm³/mol. The lowest BCUT2D eigenvalue weighted by atomic mass is 10.3. The number of aliphatic imine (C=N–C) groups is 1. The number of hydrogen-bond donors (Lipinski definition) is 0. The molecular weight excluding hydrogens is 384 g/mol. The molecule has 1 rings (SSSR count). The van der Waals surface area contributed by atoms with E-state index >= 15 is 0 Å². The van der Waals surface area contributed by atoms with E-state index in [-0.39, 0.29) is 0 Å². The molecule has 0 heterocycles. The molecule has 0 amide bonds. The quantitative estimate of drug-likeness (QED) is 0.249. The van der Waals surface area contributed by atoms with E-state index in [0.717, 1.165) is 9.80 Å². The van der Waals surface area contributed by atoms with Gasteiger partial charge in [0.05, 0.1) is 5.16 Å². The van der Waals surface area contributed by atoms with E-state index in [1.54, 1.807) is 6.08 Å². The molecule has 1 aromatic rings. The standard InChI is InChI=1S/C21H27F2NOS2/c1-6-11-18(12-7-2)27(20(3,4)5,19-13-9-8-10-14-19)25-16-21(22,23)15-24-17-26/h6-14H,1,15-16H2,2-5H3/b12-7-,18-11+. The normalized spacial score (nSPS) is 16.4. The maximum absolute atomic E-state index is 14.3. The Kier molecular flexibility index (Phi) is 8.76. The van der Waals surface area contributed by atoms with Gasteiger partial charge in [0, 0.05) is 14.5 Å². The van der Waals surface area contributed by atoms with Gasteiger partial charge in [-0.1, -0.05) is 53.3 Å². The Morgan fingerprint density at radius 3 is 2.41 bits per heavy atom. The van der Waals surface area contributed by atoms with Crippen molar-refractivity contribution in [1.82, 2.24) is 0 Å². The van der Waals surface area contributed by atoms with Gasteiger partial charge in [0.25, 0.3) is 5.92 Å². The third-order valence-corrected chi connectivity index (χ3v) is 7.90. The molecule has 0 fully saturated rings. The maximum Gasteiger partial charge on any atom is 0.292 e. The van der Waals surface area contributed by atoms with Gasteiger partial charge in [-0.3, -0.25) is 0 Å². The fourth-order valence-corrected chi connectivity index (χ4v) is 6.55. The van der Waals surface area contributed by atoms with Gasteiger partial charge in [0.2, 0.25) is 0 Å². The molecule has 1 aromatic carbocycles. The number of thiocarbonyl (C=S) groups is 1. The highest BCUT2D eigenvalue weighted by Gasteiger charge is 2.44. The van der Waals surface area contributed by atoms with Crippen LogP contribution in [0.1, 0.15) is 27.7 Å². The van der Waals surface area contributed by atoms with Crippen LogP contribution in [0.2, 0.25) is 0 Å². The molecule has 0 saturated carbocycles. The zero-order valence-corrected chi connectivity index (χ0v) is 17.9. The Balaban J connectivity index is 3.60. The van der Waals surface area contributed by atoms with Crippen LogP contribution in [-0.4, -0.2) is 29.0 Å². The van der Waals surface area contributed by atoms with Gasteiger partial charge in [-0.15, -0.1) is 0 Å². The number of hydrogen-bond acceptors (Lipinski definition) is 3. The summed E-state index contributed by atoms with van der Waals surface area (Å²) in [6.45, 7) is 10.2. The molecule has 1 atom stereocenters. The molecule has 0 radical (unpaired) electrons. The zero-order valence-electron chi connectivity index (χ0n) is 16.2. The number of nitrogens with zero attached hydrogens (tertiary/aromatic N) is 1. The van der Waals surface area contributed by atoms with Gasteiger partial charge in [-0.2, -0.15) is 0 Å². The fourth-order valence-electron chi connectivity index (χ4n) is 2.66. The van der Waals surface area contributed by atoms with E-state index in [9.17, 15) is 8.78 Å². The van der Waals surface area contributed by atoms with Crippen LogP contribution in [0.5, 0.6) is 0 Å². The van der Waals surface area contributed by atoms with Gasteiger partial charge >= 0.3 is 0 Å². The Hall–Kier alpha value is -1.59. The Morgan fingerprint density at radius 1 is 1.30 bits per heavy atom. The van der Waals surface area contributed by atoms with Crippen LogP contribution in [0, 0.1) is 0 Å². The summed E-state index contributed by atoms with van der Waals surface area (Å²) in [5, 5.41) is 1.99. The van der Waals surface area contributed by atoms with E-state index in [1.807, 2.05) is 81.4 Å². The summed E-state index contributed by atoms with van der Waals surface area (Å²) in [5.74, 6) is -3.14. The molecule has 0 aliphatic heterocycles. The number of isothiocyanates is 1. The van der Waals surface area contributed by atoms with Crippen molar-refractivity contribution < 1.29 is 13.0 Å². The summed E-state index contributed by atoms with van der Waals surface area (Å²) in [6, 6.07) is 9.53. The molecule has 0 spiro atoms. The first-order chi connectivity index (χ1) is 12.6. The number of alkyl halides is 2. The van der Waals surface area contributed by atoms with E-state index < -0.39 is 34.1 Å². The van der Waals surface area contributed by atoms with Crippen molar-refractivity contribution in [2.45, 2.75) is 43.3 Å². The lowest BCUT2D eigenvalue weighted by Gasteiger charge is -2.51. The van der Waals surface area contributed by atoms with Crippen LogP contribution in [0.4, 0.5) is 8.78 Å². The third-order valence-electron chi connectivity index (χ3n) is 3.70. The molecule has 148 valence electrons. The second-order valence-corrected chi connectivity index (χ2v) is 10.5. The first-order valence-corrected chi connectivity index (χ1v) is 10.5. The van der Waals surface area contributed by atoms with Crippen molar-refractivity contribution in [3.8, 4) is 0 Å². The van der Waals surface area contributed by atoms with E-state index in [0.29, 0.717) is 0 Å². The molecule has 0 N–H and O–H groups in total. The first kappa shape index (κ1) is 23.4. The Morgan fingerprint density at radius 2 is 1.93 bits per heavy atom. The lowest BCUT2D eigenvalue weighted by molar-refractivity contribution is -0.0279. The highest BCUT2D eigenvalue weighted by atomic mass is 32.3. The average Bonchev–Trinajstić information content (AvgIpc) is 2.60. The molecule has 0 aliphatic rings. The van der Waals surface area contributed by atoms with Crippen molar-refractivity contribution in [2.75, 3.05) is 13.2 Å². The molecular formula is C21H27F2NOS2.